The Morgan fingerprint density at radius 1 is 1.04 bits per heavy atom. The Kier molecular flexibility index (Phi) is 7.33. The molecule has 0 aliphatic rings. The highest BCUT2D eigenvalue weighted by molar-refractivity contribution is 6.39. The number of amides is 3. The number of halogens is 1. The van der Waals surface area contributed by atoms with Crippen LogP contribution in [0.15, 0.2) is 60.4 Å². The van der Waals surface area contributed by atoms with E-state index < -0.39 is 11.8 Å². The van der Waals surface area contributed by atoms with Gasteiger partial charge in [-0.05, 0) is 36.8 Å². The number of allylic oxidation sites excluding steroid dienone is 1. The summed E-state index contributed by atoms with van der Waals surface area (Å²) < 4.78 is 0. The predicted octanol–water partition coefficient (Wildman–Crippen LogP) is 1.51. The van der Waals surface area contributed by atoms with E-state index in [-0.39, 0.29) is 11.7 Å². The van der Waals surface area contributed by atoms with Gasteiger partial charge in [-0.15, -0.1) is 0 Å². The Labute approximate surface area is 161 Å². The van der Waals surface area contributed by atoms with Gasteiger partial charge in [0.25, 0.3) is 0 Å². The van der Waals surface area contributed by atoms with Gasteiger partial charge >= 0.3 is 11.8 Å². The number of hydrogen-bond acceptors (Lipinski definition) is 5. The number of hydrogen-bond donors (Lipinski definition) is 4. The van der Waals surface area contributed by atoms with Crippen LogP contribution in [0.4, 0.5) is 5.82 Å². The third-order valence-electron chi connectivity index (χ3n) is 3.21. The first-order valence-corrected chi connectivity index (χ1v) is 8.31. The summed E-state index contributed by atoms with van der Waals surface area (Å²) in [7, 11) is 0. The summed E-state index contributed by atoms with van der Waals surface area (Å²) in [5, 5.41) is 5.65. The summed E-state index contributed by atoms with van der Waals surface area (Å²) in [5.74, 6) is -1.91. The smallest absolute Gasteiger partial charge is 0.327 e. The molecule has 1 heterocycles. The first-order valence-electron chi connectivity index (χ1n) is 7.93. The summed E-state index contributed by atoms with van der Waals surface area (Å²) in [6.45, 7) is 1.90. The highest BCUT2D eigenvalue weighted by atomic mass is 35.5. The average molecular weight is 388 g/mol. The molecule has 1 aromatic heterocycles. The van der Waals surface area contributed by atoms with Gasteiger partial charge in [0.15, 0.2) is 0 Å². The molecule has 4 N–H and O–H groups in total. The lowest BCUT2D eigenvalue weighted by Crippen LogP contribution is -2.43. The van der Waals surface area contributed by atoms with E-state index in [9.17, 15) is 14.4 Å². The lowest BCUT2D eigenvalue weighted by Gasteiger charge is -2.09. The fourth-order valence-electron chi connectivity index (χ4n) is 1.90. The number of benzene rings is 1. The molecular weight excluding hydrogens is 370 g/mol. The Hall–Kier alpha value is -3.39. The summed E-state index contributed by atoms with van der Waals surface area (Å²) in [6, 6.07) is 12.0. The number of hydrazine groups is 1. The fraction of sp³-hybridized carbons (Fsp3) is 0.111. The summed E-state index contributed by atoms with van der Waals surface area (Å²) in [6.07, 6.45) is 2.74. The molecule has 0 aliphatic heterocycles. The van der Waals surface area contributed by atoms with E-state index in [1.165, 1.54) is 12.3 Å². The zero-order valence-electron chi connectivity index (χ0n) is 14.5. The molecule has 8 nitrogen and oxygen atoms in total. The first kappa shape index (κ1) is 19.9. The number of anilines is 1. The minimum atomic E-state index is -0.921. The third kappa shape index (κ3) is 7.17. The summed E-state index contributed by atoms with van der Waals surface area (Å²) in [5.41, 5.74) is 5.93. The second-order valence-electron chi connectivity index (χ2n) is 5.42. The number of nitrogens with zero attached hydrogens (tertiary/aromatic N) is 1. The van der Waals surface area contributed by atoms with Gasteiger partial charge in [-0.25, -0.2) is 4.98 Å². The minimum absolute atomic E-state index is 0.256. The van der Waals surface area contributed by atoms with E-state index >= 15 is 0 Å². The monoisotopic (exact) mass is 387 g/mol. The van der Waals surface area contributed by atoms with Crippen LogP contribution in [0.25, 0.3) is 0 Å². The van der Waals surface area contributed by atoms with Crippen LogP contribution < -0.4 is 21.5 Å². The van der Waals surface area contributed by atoms with Crippen LogP contribution in [0.3, 0.4) is 0 Å². The molecule has 9 heteroatoms. The van der Waals surface area contributed by atoms with Crippen LogP contribution in [0.2, 0.25) is 5.02 Å². The molecule has 0 bridgehead atoms. The molecule has 0 radical (unpaired) electrons. The Morgan fingerprint density at radius 2 is 1.78 bits per heavy atom. The van der Waals surface area contributed by atoms with Crippen molar-refractivity contribution in [3.63, 3.8) is 0 Å². The Bertz CT molecular complexity index is 838. The maximum atomic E-state index is 11.9. The number of rotatable bonds is 6. The van der Waals surface area contributed by atoms with Crippen molar-refractivity contribution in [2.75, 3.05) is 5.32 Å². The van der Waals surface area contributed by atoms with Gasteiger partial charge in [0.05, 0.1) is 0 Å². The standard InChI is InChI=1S/C18H18ClN5O3/c1-12(10-16(25)21-11-13-5-7-14(19)8-6-13)23-24-18(27)17(26)22-15-4-2-3-9-20-15/h2-10,23H,11H2,1H3,(H,21,25)(H,24,27)(H,20,22,26)/b12-10-. The van der Waals surface area contributed by atoms with Crippen molar-refractivity contribution >= 4 is 35.1 Å². The van der Waals surface area contributed by atoms with Crippen LogP contribution in [-0.4, -0.2) is 22.7 Å². The minimum Gasteiger partial charge on any atom is -0.348 e. The maximum Gasteiger partial charge on any atom is 0.327 e. The van der Waals surface area contributed by atoms with E-state index in [2.05, 4.69) is 26.5 Å². The van der Waals surface area contributed by atoms with E-state index in [1.807, 2.05) is 0 Å². The Balaban J connectivity index is 1.75. The molecular formula is C18H18ClN5O3. The van der Waals surface area contributed by atoms with Crippen molar-refractivity contribution < 1.29 is 14.4 Å². The van der Waals surface area contributed by atoms with Gasteiger partial charge in [-0.3, -0.25) is 19.8 Å². The first-order chi connectivity index (χ1) is 12.9. The lowest BCUT2D eigenvalue weighted by atomic mass is 10.2. The quantitative estimate of drug-likeness (QED) is 0.341. The second kappa shape index (κ2) is 9.93. The summed E-state index contributed by atoms with van der Waals surface area (Å²) in [4.78, 5) is 39.2. The van der Waals surface area contributed by atoms with Crippen LogP contribution in [-0.2, 0) is 20.9 Å². The molecule has 0 fully saturated rings. The van der Waals surface area contributed by atoms with Crippen molar-refractivity contribution in [2.24, 2.45) is 0 Å². The molecule has 140 valence electrons. The number of aromatic nitrogens is 1. The van der Waals surface area contributed by atoms with E-state index in [1.54, 1.807) is 49.4 Å². The fourth-order valence-corrected chi connectivity index (χ4v) is 2.02. The van der Waals surface area contributed by atoms with Gasteiger partial charge < -0.3 is 16.1 Å². The number of carbonyl (C=O) groups excluding carboxylic acids is 3. The molecule has 0 spiro atoms. The van der Waals surface area contributed by atoms with Gasteiger partial charge in [-0.2, -0.15) is 0 Å². The Morgan fingerprint density at radius 3 is 2.44 bits per heavy atom. The second-order valence-corrected chi connectivity index (χ2v) is 5.86. The molecule has 0 unspecified atom stereocenters. The number of nitrogens with one attached hydrogen (secondary N) is 4. The normalized spacial score (nSPS) is 10.7. The number of pyridine rings is 1. The third-order valence-corrected chi connectivity index (χ3v) is 3.47. The van der Waals surface area contributed by atoms with Crippen LogP contribution in [0.5, 0.6) is 0 Å². The van der Waals surface area contributed by atoms with Crippen molar-refractivity contribution in [1.29, 1.82) is 0 Å². The van der Waals surface area contributed by atoms with Gasteiger partial charge in [0.1, 0.15) is 5.82 Å². The van der Waals surface area contributed by atoms with Crippen LogP contribution >= 0.6 is 11.6 Å². The van der Waals surface area contributed by atoms with Crippen molar-refractivity contribution in [3.8, 4) is 0 Å². The molecule has 3 amide bonds. The zero-order chi connectivity index (χ0) is 19.6. The predicted molar refractivity (Wildman–Crippen MR) is 101 cm³/mol. The molecule has 27 heavy (non-hydrogen) atoms. The molecule has 2 aromatic rings. The molecule has 0 atom stereocenters. The average Bonchev–Trinajstić information content (AvgIpc) is 2.66. The van der Waals surface area contributed by atoms with Crippen molar-refractivity contribution in [2.45, 2.75) is 13.5 Å². The molecule has 0 saturated heterocycles. The van der Waals surface area contributed by atoms with E-state index in [4.69, 9.17) is 11.6 Å². The van der Waals surface area contributed by atoms with Crippen molar-refractivity contribution in [3.05, 3.63) is 71.0 Å². The lowest BCUT2D eigenvalue weighted by molar-refractivity contribution is -0.136. The summed E-state index contributed by atoms with van der Waals surface area (Å²) >= 11 is 5.80. The largest absolute Gasteiger partial charge is 0.348 e. The number of carbonyl (C=O) groups is 3. The van der Waals surface area contributed by atoms with Gasteiger partial charge in [0.2, 0.25) is 5.91 Å². The van der Waals surface area contributed by atoms with E-state index in [0.717, 1.165) is 5.56 Å². The van der Waals surface area contributed by atoms with Crippen LogP contribution in [0.1, 0.15) is 12.5 Å². The molecule has 2 rings (SSSR count). The highest BCUT2D eigenvalue weighted by Gasteiger charge is 2.13. The van der Waals surface area contributed by atoms with E-state index in [0.29, 0.717) is 17.3 Å². The van der Waals surface area contributed by atoms with Crippen LogP contribution in [0, 0.1) is 0 Å². The molecule has 1 aromatic carbocycles. The van der Waals surface area contributed by atoms with Gasteiger partial charge in [-0.1, -0.05) is 29.8 Å². The van der Waals surface area contributed by atoms with Gasteiger partial charge in [0, 0.05) is 29.5 Å². The highest BCUT2D eigenvalue weighted by Crippen LogP contribution is 2.09. The maximum absolute atomic E-state index is 11.9. The topological polar surface area (TPSA) is 112 Å². The zero-order valence-corrected chi connectivity index (χ0v) is 15.2. The van der Waals surface area contributed by atoms with Crippen molar-refractivity contribution in [1.82, 2.24) is 21.2 Å². The molecule has 0 saturated carbocycles. The molecule has 0 aliphatic carbocycles. The SMILES string of the molecule is C/C(=C/C(=O)NCc1ccc(Cl)cc1)NNC(=O)C(=O)Nc1ccccn1.